The van der Waals surface area contributed by atoms with Gasteiger partial charge in [0, 0.05) is 11.4 Å². The van der Waals surface area contributed by atoms with Crippen LogP contribution in [-0.2, 0) is 11.2 Å². The van der Waals surface area contributed by atoms with Crippen molar-refractivity contribution in [2.45, 2.75) is 50.3 Å². The number of amides is 1. The maximum Gasteiger partial charge on any atom is 0.224 e. The van der Waals surface area contributed by atoms with Gasteiger partial charge in [0.05, 0.1) is 6.42 Å². The first-order valence-electron chi connectivity index (χ1n) is 7.68. The first-order chi connectivity index (χ1) is 9.63. The van der Waals surface area contributed by atoms with Crippen LogP contribution in [0.4, 0.5) is 0 Å². The minimum absolute atomic E-state index is 0.126. The Hall–Kier alpha value is -0.960. The highest BCUT2D eigenvalue weighted by Crippen LogP contribution is 2.30. The number of rotatable bonds is 5. The number of hydrogen-bond donors (Lipinski definition) is 2. The maximum atomic E-state index is 11.9. The Balaban J connectivity index is 1.66. The average molecular weight is 291 g/mol. The zero-order chi connectivity index (χ0) is 14.4. The van der Waals surface area contributed by atoms with Crippen LogP contribution >= 0.6 is 12.6 Å². The van der Waals surface area contributed by atoms with E-state index in [0.29, 0.717) is 6.42 Å². The Morgan fingerprint density at radius 2 is 2.05 bits per heavy atom. The van der Waals surface area contributed by atoms with E-state index in [0.717, 1.165) is 35.3 Å². The second-order valence-electron chi connectivity index (χ2n) is 6.12. The van der Waals surface area contributed by atoms with Gasteiger partial charge in [-0.05, 0) is 42.4 Å². The van der Waals surface area contributed by atoms with Crippen LogP contribution in [0, 0.1) is 11.8 Å². The molecule has 0 saturated heterocycles. The maximum absolute atomic E-state index is 11.9. The number of hydrogen-bond acceptors (Lipinski definition) is 2. The molecule has 0 bridgehead atoms. The van der Waals surface area contributed by atoms with E-state index in [1.807, 2.05) is 24.3 Å². The molecular formula is C17H25NOS. The first-order valence-corrected chi connectivity index (χ1v) is 8.13. The van der Waals surface area contributed by atoms with Gasteiger partial charge >= 0.3 is 0 Å². The first kappa shape index (κ1) is 15.4. The molecular weight excluding hydrogens is 266 g/mol. The lowest BCUT2D eigenvalue weighted by Gasteiger charge is -2.26. The molecule has 2 rings (SSSR count). The molecule has 0 radical (unpaired) electrons. The van der Waals surface area contributed by atoms with Crippen molar-refractivity contribution in [3.8, 4) is 0 Å². The van der Waals surface area contributed by atoms with Crippen molar-refractivity contribution >= 4 is 18.5 Å². The van der Waals surface area contributed by atoms with E-state index in [1.54, 1.807) is 0 Å². The van der Waals surface area contributed by atoms with Crippen LogP contribution in [-0.4, -0.2) is 12.5 Å². The summed E-state index contributed by atoms with van der Waals surface area (Å²) in [5, 5.41) is 3.05. The highest BCUT2D eigenvalue weighted by Gasteiger charge is 2.18. The highest BCUT2D eigenvalue weighted by molar-refractivity contribution is 7.80. The third kappa shape index (κ3) is 5.20. The number of thiol groups is 1. The second-order valence-corrected chi connectivity index (χ2v) is 6.64. The molecule has 0 aliphatic heterocycles. The van der Waals surface area contributed by atoms with Gasteiger partial charge in [-0.25, -0.2) is 0 Å². The van der Waals surface area contributed by atoms with Crippen LogP contribution in [0.3, 0.4) is 0 Å². The third-order valence-electron chi connectivity index (χ3n) is 4.22. The Morgan fingerprint density at radius 1 is 1.30 bits per heavy atom. The topological polar surface area (TPSA) is 29.1 Å². The molecule has 1 N–H and O–H groups in total. The zero-order valence-corrected chi connectivity index (χ0v) is 13.2. The Labute approximate surface area is 127 Å². The molecule has 1 saturated carbocycles. The standard InChI is InChI=1S/C17H25NOS/c1-13-3-2-4-14(11-13)9-10-18-17(19)12-15-5-7-16(20)8-6-15/h5-8,13-14,20H,2-4,9-12H2,1H3,(H,18,19). The normalized spacial score (nSPS) is 22.5. The quantitative estimate of drug-likeness (QED) is 0.793. The monoisotopic (exact) mass is 291 g/mol. The fourth-order valence-corrected chi connectivity index (χ4v) is 3.25. The van der Waals surface area contributed by atoms with E-state index in [4.69, 9.17) is 0 Å². The molecule has 1 amide bonds. The van der Waals surface area contributed by atoms with Crippen LogP contribution in [0.5, 0.6) is 0 Å². The number of nitrogens with one attached hydrogen (secondary N) is 1. The van der Waals surface area contributed by atoms with E-state index in [9.17, 15) is 4.79 Å². The molecule has 2 atom stereocenters. The predicted octanol–water partition coefficient (Wildman–Crippen LogP) is 3.85. The fourth-order valence-electron chi connectivity index (χ4n) is 3.10. The van der Waals surface area contributed by atoms with Gasteiger partial charge in [0.25, 0.3) is 0 Å². The lowest BCUT2D eigenvalue weighted by Crippen LogP contribution is -2.28. The van der Waals surface area contributed by atoms with Crippen LogP contribution in [0.2, 0.25) is 0 Å². The van der Waals surface area contributed by atoms with Crippen molar-refractivity contribution in [3.05, 3.63) is 29.8 Å². The van der Waals surface area contributed by atoms with Crippen molar-refractivity contribution in [2.75, 3.05) is 6.54 Å². The third-order valence-corrected chi connectivity index (χ3v) is 4.52. The van der Waals surface area contributed by atoms with Crippen LogP contribution in [0.25, 0.3) is 0 Å². The molecule has 0 heterocycles. The largest absolute Gasteiger partial charge is 0.356 e. The van der Waals surface area contributed by atoms with Gasteiger partial charge in [-0.1, -0.05) is 38.3 Å². The van der Waals surface area contributed by atoms with Gasteiger partial charge < -0.3 is 5.32 Å². The lowest BCUT2D eigenvalue weighted by molar-refractivity contribution is -0.120. The van der Waals surface area contributed by atoms with E-state index in [1.165, 1.54) is 25.7 Å². The SMILES string of the molecule is CC1CCCC(CCNC(=O)Cc2ccc(S)cc2)C1. The molecule has 1 aromatic rings. The molecule has 2 unspecified atom stereocenters. The van der Waals surface area contributed by atoms with E-state index in [-0.39, 0.29) is 5.91 Å². The van der Waals surface area contributed by atoms with Gasteiger partial charge in [0.15, 0.2) is 0 Å². The summed E-state index contributed by atoms with van der Waals surface area (Å²) in [5.41, 5.74) is 1.05. The van der Waals surface area contributed by atoms with E-state index in [2.05, 4.69) is 24.9 Å². The lowest BCUT2D eigenvalue weighted by atomic mass is 9.81. The van der Waals surface area contributed by atoms with Crippen LogP contribution in [0.15, 0.2) is 29.2 Å². The Bertz CT molecular complexity index is 429. The summed E-state index contributed by atoms with van der Waals surface area (Å²) < 4.78 is 0. The molecule has 0 aromatic heterocycles. The van der Waals surface area contributed by atoms with Gasteiger partial charge in [0.2, 0.25) is 5.91 Å². The molecule has 0 spiro atoms. The van der Waals surface area contributed by atoms with Gasteiger partial charge in [0.1, 0.15) is 0 Å². The number of carbonyl (C=O) groups is 1. The summed E-state index contributed by atoms with van der Waals surface area (Å²) in [6.07, 6.45) is 7.00. The summed E-state index contributed by atoms with van der Waals surface area (Å²) >= 11 is 4.24. The van der Waals surface area contributed by atoms with Crippen molar-refractivity contribution < 1.29 is 4.79 Å². The van der Waals surface area contributed by atoms with Crippen molar-refractivity contribution in [1.29, 1.82) is 0 Å². The highest BCUT2D eigenvalue weighted by atomic mass is 32.1. The summed E-state index contributed by atoms with van der Waals surface area (Å²) in [4.78, 5) is 12.8. The smallest absolute Gasteiger partial charge is 0.224 e. The van der Waals surface area contributed by atoms with Gasteiger partial charge in [-0.15, -0.1) is 12.6 Å². The Kier molecular flexibility index (Phi) is 5.96. The predicted molar refractivity (Wildman–Crippen MR) is 86.1 cm³/mol. The molecule has 1 fully saturated rings. The molecule has 2 nitrogen and oxygen atoms in total. The van der Waals surface area contributed by atoms with Gasteiger partial charge in [-0.2, -0.15) is 0 Å². The molecule has 110 valence electrons. The molecule has 1 aromatic carbocycles. The fraction of sp³-hybridized carbons (Fsp3) is 0.588. The summed E-state index contributed by atoms with van der Waals surface area (Å²) in [5.74, 6) is 1.80. The van der Waals surface area contributed by atoms with Crippen molar-refractivity contribution in [1.82, 2.24) is 5.32 Å². The van der Waals surface area contributed by atoms with Crippen molar-refractivity contribution in [2.24, 2.45) is 11.8 Å². The number of benzene rings is 1. The zero-order valence-electron chi connectivity index (χ0n) is 12.3. The van der Waals surface area contributed by atoms with Crippen LogP contribution < -0.4 is 5.32 Å². The minimum atomic E-state index is 0.126. The second kappa shape index (κ2) is 7.72. The summed E-state index contributed by atoms with van der Waals surface area (Å²) in [7, 11) is 0. The van der Waals surface area contributed by atoms with Crippen molar-refractivity contribution in [3.63, 3.8) is 0 Å². The van der Waals surface area contributed by atoms with Gasteiger partial charge in [-0.3, -0.25) is 4.79 Å². The van der Waals surface area contributed by atoms with Crippen LogP contribution in [0.1, 0.15) is 44.6 Å². The molecule has 1 aliphatic carbocycles. The Morgan fingerprint density at radius 3 is 2.75 bits per heavy atom. The summed E-state index contributed by atoms with van der Waals surface area (Å²) in [6, 6.07) is 7.78. The van der Waals surface area contributed by atoms with E-state index >= 15 is 0 Å². The molecule has 20 heavy (non-hydrogen) atoms. The number of carbonyl (C=O) groups excluding carboxylic acids is 1. The average Bonchev–Trinajstić information content (AvgIpc) is 2.41. The molecule has 1 aliphatic rings. The molecule has 3 heteroatoms. The minimum Gasteiger partial charge on any atom is -0.356 e. The summed E-state index contributed by atoms with van der Waals surface area (Å²) in [6.45, 7) is 3.16. The van der Waals surface area contributed by atoms with E-state index < -0.39 is 0 Å².